The zero-order valence-electron chi connectivity index (χ0n) is 13.1. The summed E-state index contributed by atoms with van der Waals surface area (Å²) < 4.78 is 0. The second-order valence-electron chi connectivity index (χ2n) is 5.61. The van der Waals surface area contributed by atoms with Crippen LogP contribution in [0.2, 0.25) is 0 Å². The van der Waals surface area contributed by atoms with Gasteiger partial charge in [0.2, 0.25) is 0 Å². The van der Waals surface area contributed by atoms with Crippen molar-refractivity contribution in [2.45, 2.75) is 0 Å². The molecule has 2 aliphatic rings. The SMILES string of the molecule is O=C1N=C(N2CCN(CCO)CC2)S/C1=C\c1ccc(O)cc1O. The average Bonchev–Trinajstić information content (AvgIpc) is 2.92. The summed E-state index contributed by atoms with van der Waals surface area (Å²) in [6.45, 7) is 3.99. The average molecular weight is 349 g/mol. The number of rotatable bonds is 3. The summed E-state index contributed by atoms with van der Waals surface area (Å²) in [4.78, 5) is 20.9. The summed E-state index contributed by atoms with van der Waals surface area (Å²) in [5.74, 6) is -0.431. The molecule has 7 nitrogen and oxygen atoms in total. The minimum atomic E-state index is -0.319. The van der Waals surface area contributed by atoms with Crippen molar-refractivity contribution in [2.24, 2.45) is 4.99 Å². The molecule has 0 aliphatic carbocycles. The van der Waals surface area contributed by atoms with Crippen LogP contribution < -0.4 is 0 Å². The van der Waals surface area contributed by atoms with Gasteiger partial charge in [0.1, 0.15) is 11.5 Å². The van der Waals surface area contributed by atoms with Gasteiger partial charge in [-0.05, 0) is 30.0 Å². The maximum atomic E-state index is 12.1. The zero-order chi connectivity index (χ0) is 17.1. The Bertz CT molecular complexity index is 697. The minimum absolute atomic E-state index is 0.0299. The van der Waals surface area contributed by atoms with Crippen molar-refractivity contribution >= 4 is 28.9 Å². The number of phenolic OH excluding ortho intramolecular Hbond substituents is 2. The lowest BCUT2D eigenvalue weighted by Gasteiger charge is -2.34. The monoisotopic (exact) mass is 349 g/mol. The molecule has 3 N–H and O–H groups in total. The molecular weight excluding hydrogens is 330 g/mol. The molecular formula is C16H19N3O4S. The molecule has 2 heterocycles. The van der Waals surface area contributed by atoms with Gasteiger partial charge in [-0.15, -0.1) is 0 Å². The highest BCUT2D eigenvalue weighted by Crippen LogP contribution is 2.33. The molecule has 0 saturated carbocycles. The lowest BCUT2D eigenvalue weighted by Crippen LogP contribution is -2.48. The molecule has 3 rings (SSSR count). The maximum absolute atomic E-state index is 12.1. The quantitative estimate of drug-likeness (QED) is 0.691. The normalized spacial score (nSPS) is 20.7. The second-order valence-corrected chi connectivity index (χ2v) is 6.61. The Kier molecular flexibility index (Phi) is 5.08. The predicted molar refractivity (Wildman–Crippen MR) is 92.9 cm³/mol. The molecule has 0 atom stereocenters. The van der Waals surface area contributed by atoms with Crippen molar-refractivity contribution in [1.29, 1.82) is 0 Å². The van der Waals surface area contributed by atoms with Crippen molar-refractivity contribution in [3.05, 3.63) is 28.7 Å². The first-order chi connectivity index (χ1) is 11.6. The fourth-order valence-electron chi connectivity index (χ4n) is 2.63. The van der Waals surface area contributed by atoms with Gasteiger partial charge in [0, 0.05) is 44.4 Å². The van der Waals surface area contributed by atoms with Crippen molar-refractivity contribution in [3.8, 4) is 11.5 Å². The van der Waals surface area contributed by atoms with E-state index >= 15 is 0 Å². The Hall–Kier alpha value is -2.03. The van der Waals surface area contributed by atoms with E-state index < -0.39 is 0 Å². The number of carbonyl (C=O) groups excluding carboxylic acids is 1. The van der Waals surface area contributed by atoms with Crippen LogP contribution in [0.25, 0.3) is 6.08 Å². The third-order valence-electron chi connectivity index (χ3n) is 3.97. The molecule has 24 heavy (non-hydrogen) atoms. The van der Waals surface area contributed by atoms with Crippen LogP contribution in [0.1, 0.15) is 5.56 Å². The summed E-state index contributed by atoms with van der Waals surface area (Å²) in [6.07, 6.45) is 1.58. The third-order valence-corrected chi connectivity index (χ3v) is 5.01. The third kappa shape index (κ3) is 3.72. The molecule has 8 heteroatoms. The Labute approximate surface area is 143 Å². The first-order valence-electron chi connectivity index (χ1n) is 7.69. The van der Waals surface area contributed by atoms with Gasteiger partial charge in [-0.2, -0.15) is 4.99 Å². The van der Waals surface area contributed by atoms with Crippen molar-refractivity contribution in [2.75, 3.05) is 39.3 Å². The zero-order valence-corrected chi connectivity index (χ0v) is 13.9. The number of hydrogen-bond acceptors (Lipinski definition) is 7. The summed E-state index contributed by atoms with van der Waals surface area (Å²) in [6, 6.07) is 4.24. The van der Waals surface area contributed by atoms with Gasteiger partial charge in [0.15, 0.2) is 5.17 Å². The summed E-state index contributed by atoms with van der Waals surface area (Å²) >= 11 is 1.29. The largest absolute Gasteiger partial charge is 0.508 e. The number of amidine groups is 1. The van der Waals surface area contributed by atoms with Gasteiger partial charge < -0.3 is 20.2 Å². The number of thioether (sulfide) groups is 1. The lowest BCUT2D eigenvalue weighted by molar-refractivity contribution is -0.113. The predicted octanol–water partition coefficient (Wildman–Crippen LogP) is 0.678. The molecule has 0 aromatic heterocycles. The van der Waals surface area contributed by atoms with E-state index in [0.717, 1.165) is 26.2 Å². The van der Waals surface area contributed by atoms with Crippen molar-refractivity contribution in [3.63, 3.8) is 0 Å². The number of aromatic hydroxyl groups is 2. The topological polar surface area (TPSA) is 96.6 Å². The lowest BCUT2D eigenvalue weighted by atomic mass is 10.2. The number of hydrogen-bond donors (Lipinski definition) is 3. The number of carbonyl (C=O) groups is 1. The molecule has 1 amide bonds. The summed E-state index contributed by atoms with van der Waals surface area (Å²) in [7, 11) is 0. The van der Waals surface area contributed by atoms with Crippen LogP contribution in [0.4, 0.5) is 0 Å². The molecule has 1 aromatic rings. The summed E-state index contributed by atoms with van der Waals surface area (Å²) in [5.41, 5.74) is 0.466. The molecule has 1 fully saturated rings. The van der Waals surface area contributed by atoms with Crippen LogP contribution in [0.5, 0.6) is 11.5 Å². The standard InChI is InChI=1S/C16H19N3O4S/c20-8-7-18-3-5-19(6-4-18)16-17-15(23)14(24-16)9-11-1-2-12(21)10-13(11)22/h1-2,9-10,20-22H,3-8H2/b14-9-. The van der Waals surface area contributed by atoms with Crippen molar-refractivity contribution in [1.82, 2.24) is 9.80 Å². The first kappa shape index (κ1) is 16.8. The molecule has 128 valence electrons. The highest BCUT2D eigenvalue weighted by Gasteiger charge is 2.28. The molecule has 0 spiro atoms. The van der Waals surface area contributed by atoms with Gasteiger partial charge in [0.05, 0.1) is 11.5 Å². The van der Waals surface area contributed by atoms with Gasteiger partial charge in [-0.3, -0.25) is 9.69 Å². The number of phenols is 2. The fraction of sp³-hybridized carbons (Fsp3) is 0.375. The van der Waals surface area contributed by atoms with Gasteiger partial charge in [0.25, 0.3) is 5.91 Å². The highest BCUT2D eigenvalue weighted by atomic mass is 32.2. The van der Waals surface area contributed by atoms with E-state index in [-0.39, 0.29) is 24.0 Å². The van der Waals surface area contributed by atoms with E-state index in [0.29, 0.717) is 22.2 Å². The maximum Gasteiger partial charge on any atom is 0.286 e. The fourth-order valence-corrected chi connectivity index (χ4v) is 3.59. The van der Waals surface area contributed by atoms with Crippen LogP contribution in [-0.2, 0) is 4.79 Å². The van der Waals surface area contributed by atoms with Crippen LogP contribution in [-0.4, -0.2) is 75.5 Å². The van der Waals surface area contributed by atoms with Crippen LogP contribution in [0.15, 0.2) is 28.1 Å². The Morgan fingerprint density at radius 3 is 2.62 bits per heavy atom. The molecule has 0 radical (unpaired) electrons. The second kappa shape index (κ2) is 7.25. The van der Waals surface area contributed by atoms with E-state index in [4.69, 9.17) is 5.11 Å². The van der Waals surface area contributed by atoms with Crippen molar-refractivity contribution < 1.29 is 20.1 Å². The number of aliphatic imine (C=N–C) groups is 1. The van der Waals surface area contributed by atoms with E-state index in [1.165, 1.54) is 23.9 Å². The Morgan fingerprint density at radius 1 is 1.21 bits per heavy atom. The molecule has 2 aliphatic heterocycles. The van der Waals surface area contributed by atoms with Crippen LogP contribution >= 0.6 is 11.8 Å². The van der Waals surface area contributed by atoms with E-state index in [1.54, 1.807) is 12.1 Å². The van der Waals surface area contributed by atoms with E-state index in [1.807, 2.05) is 0 Å². The molecule has 1 saturated heterocycles. The summed E-state index contributed by atoms with van der Waals surface area (Å²) in [5, 5.41) is 28.8. The highest BCUT2D eigenvalue weighted by molar-refractivity contribution is 8.18. The first-order valence-corrected chi connectivity index (χ1v) is 8.51. The van der Waals surface area contributed by atoms with Gasteiger partial charge in [-0.1, -0.05) is 0 Å². The molecule has 0 unspecified atom stereocenters. The Balaban J connectivity index is 1.67. The minimum Gasteiger partial charge on any atom is -0.508 e. The number of amides is 1. The number of aliphatic hydroxyl groups is 1. The Morgan fingerprint density at radius 2 is 1.96 bits per heavy atom. The smallest absolute Gasteiger partial charge is 0.286 e. The number of benzene rings is 1. The van der Waals surface area contributed by atoms with Gasteiger partial charge >= 0.3 is 0 Å². The molecule has 1 aromatic carbocycles. The van der Waals surface area contributed by atoms with E-state index in [2.05, 4.69) is 14.8 Å². The number of β-amino-alcohol motifs (C(OH)–C–C–N with tert-alkyl or cyclic N) is 1. The van der Waals surface area contributed by atoms with Crippen LogP contribution in [0, 0.1) is 0 Å². The number of nitrogens with zero attached hydrogens (tertiary/aromatic N) is 3. The van der Waals surface area contributed by atoms with Crippen LogP contribution in [0.3, 0.4) is 0 Å². The van der Waals surface area contributed by atoms with Gasteiger partial charge in [-0.25, -0.2) is 0 Å². The number of piperazine rings is 1. The van der Waals surface area contributed by atoms with E-state index in [9.17, 15) is 15.0 Å². The number of aliphatic hydroxyl groups excluding tert-OH is 1. The molecule has 0 bridgehead atoms.